The second kappa shape index (κ2) is 9.78. The van der Waals surface area contributed by atoms with Crippen molar-refractivity contribution in [3.8, 4) is 17.2 Å². The topological polar surface area (TPSA) is 52.6 Å². The first-order valence-corrected chi connectivity index (χ1v) is 10.8. The normalized spacial score (nSPS) is 10.4. The highest BCUT2D eigenvalue weighted by molar-refractivity contribution is 14.1. The number of aryl methyl sites for hydroxylation is 1. The van der Waals surface area contributed by atoms with Crippen LogP contribution in [0.2, 0.25) is 0 Å². The molecule has 158 valence electrons. The molecule has 0 N–H and O–H groups in total. The van der Waals surface area contributed by atoms with Crippen LogP contribution in [-0.2, 0) is 0 Å². The van der Waals surface area contributed by atoms with E-state index in [0.29, 0.717) is 33.8 Å². The molecule has 4 aromatic rings. The fraction of sp³-hybridized carbons (Fsp3) is 0.0370. The van der Waals surface area contributed by atoms with Gasteiger partial charge < -0.3 is 7.80 Å². The average Bonchev–Trinajstić information content (AvgIpc) is 2.85. The number of carbonyl (C=O) groups is 2. The molecule has 0 saturated heterocycles. The minimum atomic E-state index is -0.116. The van der Waals surface area contributed by atoms with Crippen molar-refractivity contribution in [1.82, 2.24) is 0 Å². The Bertz CT molecular complexity index is 1230. The Morgan fingerprint density at radius 2 is 0.844 bits per heavy atom. The molecule has 0 heterocycles. The Morgan fingerprint density at radius 1 is 0.531 bits per heavy atom. The van der Waals surface area contributed by atoms with E-state index in [1.807, 2.05) is 78.5 Å². The van der Waals surface area contributed by atoms with Gasteiger partial charge in [0.05, 0.1) is 0 Å². The van der Waals surface area contributed by atoms with Crippen LogP contribution in [0, 0.1) is 6.92 Å². The molecule has 0 fully saturated rings. The first-order valence-electron chi connectivity index (χ1n) is 9.96. The second-order valence-electron chi connectivity index (χ2n) is 7.28. The van der Waals surface area contributed by atoms with E-state index in [1.54, 1.807) is 48.5 Å². The van der Waals surface area contributed by atoms with Crippen LogP contribution >= 0.6 is 23.0 Å². The first kappa shape index (κ1) is 21.8. The molecule has 0 unspecified atom stereocenters. The minimum absolute atomic E-state index is 0.0661. The van der Waals surface area contributed by atoms with Gasteiger partial charge >= 0.3 is 0 Å². The van der Waals surface area contributed by atoms with Gasteiger partial charge in [-0.3, -0.25) is 9.59 Å². The van der Waals surface area contributed by atoms with E-state index >= 15 is 0 Å². The molecule has 4 nitrogen and oxygen atoms in total. The van der Waals surface area contributed by atoms with Gasteiger partial charge in [-0.2, -0.15) is 0 Å². The Labute approximate surface area is 200 Å². The Morgan fingerprint density at radius 3 is 1.25 bits per heavy atom. The van der Waals surface area contributed by atoms with Crippen molar-refractivity contribution in [1.29, 1.82) is 0 Å². The predicted molar refractivity (Wildman–Crippen MR) is 132 cm³/mol. The molecule has 0 amide bonds. The predicted octanol–water partition coefficient (Wildman–Crippen LogP) is 6.98. The van der Waals surface area contributed by atoms with Crippen LogP contribution in [0.4, 0.5) is 0 Å². The molecule has 4 aromatic carbocycles. The van der Waals surface area contributed by atoms with Crippen LogP contribution in [0.1, 0.15) is 37.4 Å². The summed E-state index contributed by atoms with van der Waals surface area (Å²) >= 11 is 1.82. The maximum Gasteiger partial charge on any atom is 0.193 e. The summed E-state index contributed by atoms with van der Waals surface area (Å²) in [7, 11) is 0. The molecule has 0 bridgehead atoms. The van der Waals surface area contributed by atoms with E-state index in [1.165, 1.54) is 0 Å². The lowest BCUT2D eigenvalue weighted by molar-refractivity contribution is 0.102. The van der Waals surface area contributed by atoms with Crippen LogP contribution in [0.5, 0.6) is 17.2 Å². The van der Waals surface area contributed by atoms with E-state index in [2.05, 4.69) is 0 Å². The number of rotatable bonds is 7. The third-order valence-corrected chi connectivity index (χ3v) is 5.50. The average molecular weight is 534 g/mol. The van der Waals surface area contributed by atoms with Crippen LogP contribution in [0.15, 0.2) is 97.1 Å². The van der Waals surface area contributed by atoms with E-state index < -0.39 is 0 Å². The van der Waals surface area contributed by atoms with E-state index in [4.69, 9.17) is 7.80 Å². The highest BCUT2D eigenvalue weighted by Gasteiger charge is 2.13. The molecule has 32 heavy (non-hydrogen) atoms. The highest BCUT2D eigenvalue weighted by atomic mass is 127. The molecule has 0 saturated carbocycles. The number of halogens is 1. The molecule has 0 radical (unpaired) electrons. The summed E-state index contributed by atoms with van der Waals surface area (Å²) in [5, 5.41) is 0. The standard InChI is InChI=1S/C27H19IO4/c1-18-2-4-19(5-3-18)26(29)20-6-8-21(9-7-20)27(30)22-10-12-23(13-11-22)31-24-14-16-25(32-28)17-15-24/h2-17H,1H3. The lowest BCUT2D eigenvalue weighted by Crippen LogP contribution is -2.04. The molecular weight excluding hydrogens is 515 g/mol. The zero-order valence-electron chi connectivity index (χ0n) is 17.2. The fourth-order valence-corrected chi connectivity index (χ4v) is 3.47. The highest BCUT2D eigenvalue weighted by Crippen LogP contribution is 2.25. The number of ether oxygens (including phenoxy) is 1. The van der Waals surface area contributed by atoms with Gasteiger partial charge in [0.25, 0.3) is 0 Å². The summed E-state index contributed by atoms with van der Waals surface area (Å²) in [6, 6.07) is 28.4. The molecule has 5 heteroatoms. The maximum absolute atomic E-state index is 12.8. The minimum Gasteiger partial charge on any atom is -0.457 e. The van der Waals surface area contributed by atoms with Crippen molar-refractivity contribution in [2.45, 2.75) is 6.92 Å². The van der Waals surface area contributed by atoms with Gasteiger partial charge in [0, 0.05) is 22.3 Å². The first-order chi connectivity index (χ1) is 15.5. The number of benzene rings is 4. The third kappa shape index (κ3) is 5.06. The molecule has 0 spiro atoms. The van der Waals surface area contributed by atoms with E-state index in [0.717, 1.165) is 11.3 Å². The lowest BCUT2D eigenvalue weighted by Gasteiger charge is -2.08. The Balaban J connectivity index is 1.44. The number of ketones is 2. The van der Waals surface area contributed by atoms with Gasteiger partial charge in [-0.15, -0.1) is 0 Å². The van der Waals surface area contributed by atoms with Gasteiger partial charge in [-0.1, -0.05) is 54.1 Å². The third-order valence-electron chi connectivity index (χ3n) is 4.99. The number of carbonyl (C=O) groups excluding carboxylic acids is 2. The summed E-state index contributed by atoms with van der Waals surface area (Å²) in [5.74, 6) is 1.86. The molecular formula is C27H19IO4. The van der Waals surface area contributed by atoms with Crippen molar-refractivity contribution in [3.63, 3.8) is 0 Å². The largest absolute Gasteiger partial charge is 0.457 e. The Kier molecular flexibility index (Phi) is 6.66. The van der Waals surface area contributed by atoms with Gasteiger partial charge in [0.2, 0.25) is 0 Å². The van der Waals surface area contributed by atoms with Crippen molar-refractivity contribution in [3.05, 3.63) is 125 Å². The van der Waals surface area contributed by atoms with Crippen molar-refractivity contribution in [2.75, 3.05) is 0 Å². The molecule has 0 aromatic heterocycles. The van der Waals surface area contributed by atoms with Gasteiger partial charge in [-0.05, 0) is 55.5 Å². The maximum atomic E-state index is 12.8. The van der Waals surface area contributed by atoms with Crippen LogP contribution in [0.3, 0.4) is 0 Å². The van der Waals surface area contributed by atoms with Crippen molar-refractivity contribution < 1.29 is 17.4 Å². The molecule has 0 aliphatic rings. The quantitative estimate of drug-likeness (QED) is 0.190. The van der Waals surface area contributed by atoms with Crippen LogP contribution in [-0.4, -0.2) is 11.6 Å². The molecule has 0 aliphatic heterocycles. The smallest absolute Gasteiger partial charge is 0.193 e. The summed E-state index contributed by atoms with van der Waals surface area (Å²) < 4.78 is 10.9. The molecule has 0 aliphatic carbocycles. The van der Waals surface area contributed by atoms with Gasteiger partial charge in [0.15, 0.2) is 34.6 Å². The second-order valence-corrected chi connectivity index (χ2v) is 7.72. The SMILES string of the molecule is Cc1ccc(C(=O)c2ccc(C(=O)c3ccc(Oc4ccc(OI)cc4)cc3)cc2)cc1. The van der Waals surface area contributed by atoms with Gasteiger partial charge in [-0.25, -0.2) is 0 Å². The Hall–Kier alpha value is -3.45. The van der Waals surface area contributed by atoms with Crippen molar-refractivity contribution in [2.24, 2.45) is 0 Å². The lowest BCUT2D eigenvalue weighted by atomic mass is 9.98. The van der Waals surface area contributed by atoms with Crippen molar-refractivity contribution >= 4 is 34.6 Å². The molecule has 4 rings (SSSR count). The number of hydrogen-bond acceptors (Lipinski definition) is 4. The molecule has 0 atom stereocenters. The summed E-state index contributed by atoms with van der Waals surface area (Å²) in [6.45, 7) is 1.98. The van der Waals surface area contributed by atoms with E-state index in [9.17, 15) is 9.59 Å². The summed E-state index contributed by atoms with van der Waals surface area (Å²) in [6.07, 6.45) is 0. The summed E-state index contributed by atoms with van der Waals surface area (Å²) in [5.41, 5.74) is 3.34. The van der Waals surface area contributed by atoms with Gasteiger partial charge in [0.1, 0.15) is 17.2 Å². The zero-order valence-corrected chi connectivity index (χ0v) is 19.4. The van der Waals surface area contributed by atoms with E-state index in [-0.39, 0.29) is 11.6 Å². The van der Waals surface area contributed by atoms with Crippen LogP contribution in [0.25, 0.3) is 0 Å². The summed E-state index contributed by atoms with van der Waals surface area (Å²) in [4.78, 5) is 25.5. The fourth-order valence-electron chi connectivity index (χ4n) is 3.18. The monoisotopic (exact) mass is 534 g/mol. The van der Waals surface area contributed by atoms with Crippen LogP contribution < -0.4 is 7.80 Å². The number of hydrogen-bond donors (Lipinski definition) is 0. The zero-order chi connectivity index (χ0) is 22.5.